The molecule has 0 heterocycles. The highest BCUT2D eigenvalue weighted by Crippen LogP contribution is 2.28. The van der Waals surface area contributed by atoms with E-state index in [9.17, 15) is 15.3 Å². The number of ether oxygens (including phenoxy) is 1. The van der Waals surface area contributed by atoms with Crippen molar-refractivity contribution >= 4 is 11.6 Å². The number of nitrogens with zero attached hydrogens (tertiary/aromatic N) is 2. The van der Waals surface area contributed by atoms with Crippen LogP contribution in [0.1, 0.15) is 31.0 Å². The van der Waals surface area contributed by atoms with Gasteiger partial charge in [-0.05, 0) is 48.7 Å². The number of rotatable bonds is 8. The average Bonchev–Trinajstić information content (AvgIpc) is 2.63. The van der Waals surface area contributed by atoms with Crippen LogP contribution in [-0.4, -0.2) is 34.4 Å². The minimum absolute atomic E-state index is 0.327. The van der Waals surface area contributed by atoms with Crippen LogP contribution >= 0.6 is 11.6 Å². The van der Waals surface area contributed by atoms with Crippen LogP contribution < -0.4 is 4.74 Å². The first kappa shape index (κ1) is 20.2. The molecular formula is C19H23ClN2O4. The zero-order valence-corrected chi connectivity index (χ0v) is 15.8. The SMILES string of the molecule is COc1ccc(CC(C)N(O)C(c2ccc(Cl)cc2)C(C)[N+](=O)[O-])cc1. The standard InChI is InChI=1S/C19H23ClN2O4/c1-13(12-15-4-10-18(26-3)11-5-15)21(23)19(14(2)22(24)25)16-6-8-17(20)9-7-16/h4-11,13-14,19,23H,12H2,1-3H3. The van der Waals surface area contributed by atoms with E-state index < -0.39 is 12.1 Å². The topological polar surface area (TPSA) is 75.8 Å². The molecule has 0 radical (unpaired) electrons. The van der Waals surface area contributed by atoms with Crippen LogP contribution in [0, 0.1) is 10.1 Å². The molecule has 7 heteroatoms. The lowest BCUT2D eigenvalue weighted by Crippen LogP contribution is -2.42. The molecular weight excluding hydrogens is 356 g/mol. The Morgan fingerprint density at radius 3 is 2.23 bits per heavy atom. The zero-order valence-electron chi connectivity index (χ0n) is 15.0. The van der Waals surface area contributed by atoms with Gasteiger partial charge in [0.2, 0.25) is 6.04 Å². The van der Waals surface area contributed by atoms with Gasteiger partial charge in [0.15, 0.2) is 0 Å². The number of methoxy groups -OCH3 is 1. The quantitative estimate of drug-likeness (QED) is 0.545. The molecule has 0 spiro atoms. The van der Waals surface area contributed by atoms with Crippen LogP contribution in [0.4, 0.5) is 0 Å². The molecule has 0 saturated carbocycles. The number of halogens is 1. The second-order valence-electron chi connectivity index (χ2n) is 6.30. The highest BCUT2D eigenvalue weighted by Gasteiger charge is 2.35. The van der Waals surface area contributed by atoms with Crippen LogP contribution in [0.5, 0.6) is 5.75 Å². The Balaban J connectivity index is 2.22. The van der Waals surface area contributed by atoms with Gasteiger partial charge in [0.25, 0.3) is 0 Å². The fourth-order valence-corrected chi connectivity index (χ4v) is 3.02. The molecule has 2 aromatic rings. The molecule has 3 atom stereocenters. The Kier molecular flexibility index (Phi) is 6.97. The molecule has 0 aliphatic heterocycles. The van der Waals surface area contributed by atoms with Gasteiger partial charge in [-0.3, -0.25) is 10.1 Å². The molecule has 26 heavy (non-hydrogen) atoms. The van der Waals surface area contributed by atoms with Crippen molar-refractivity contribution in [3.63, 3.8) is 0 Å². The van der Waals surface area contributed by atoms with E-state index in [1.54, 1.807) is 31.4 Å². The Labute approximate surface area is 158 Å². The molecule has 0 aliphatic rings. The molecule has 3 unspecified atom stereocenters. The van der Waals surface area contributed by atoms with Crippen molar-refractivity contribution in [3.05, 3.63) is 74.8 Å². The fraction of sp³-hybridized carbons (Fsp3) is 0.368. The van der Waals surface area contributed by atoms with Crippen LogP contribution in [0.15, 0.2) is 48.5 Å². The van der Waals surface area contributed by atoms with Crippen molar-refractivity contribution in [1.29, 1.82) is 0 Å². The molecule has 0 saturated heterocycles. The first-order chi connectivity index (χ1) is 12.3. The summed E-state index contributed by atoms with van der Waals surface area (Å²) < 4.78 is 5.14. The zero-order chi connectivity index (χ0) is 19.3. The Hall–Kier alpha value is -2.15. The average molecular weight is 379 g/mol. The Morgan fingerprint density at radius 2 is 1.73 bits per heavy atom. The predicted octanol–water partition coefficient (Wildman–Crippen LogP) is 4.38. The summed E-state index contributed by atoms with van der Waals surface area (Å²) in [7, 11) is 1.60. The van der Waals surface area contributed by atoms with E-state index in [2.05, 4.69) is 0 Å². The molecule has 0 amide bonds. The van der Waals surface area contributed by atoms with Crippen molar-refractivity contribution in [1.82, 2.24) is 5.06 Å². The number of benzene rings is 2. The summed E-state index contributed by atoms with van der Waals surface area (Å²) in [4.78, 5) is 11.0. The molecule has 6 nitrogen and oxygen atoms in total. The van der Waals surface area contributed by atoms with E-state index in [1.807, 2.05) is 31.2 Å². The van der Waals surface area contributed by atoms with Gasteiger partial charge in [0.1, 0.15) is 11.8 Å². The molecule has 1 N–H and O–H groups in total. The molecule has 0 aromatic heterocycles. The van der Waals surface area contributed by atoms with Gasteiger partial charge in [-0.2, -0.15) is 5.06 Å². The van der Waals surface area contributed by atoms with Crippen molar-refractivity contribution < 1.29 is 14.9 Å². The normalized spacial score (nSPS) is 14.7. The van der Waals surface area contributed by atoms with E-state index in [0.29, 0.717) is 17.0 Å². The molecule has 0 aliphatic carbocycles. The fourth-order valence-electron chi connectivity index (χ4n) is 2.90. The van der Waals surface area contributed by atoms with Gasteiger partial charge >= 0.3 is 0 Å². The molecule has 2 rings (SSSR count). The molecule has 0 bridgehead atoms. The second-order valence-corrected chi connectivity index (χ2v) is 6.74. The van der Waals surface area contributed by atoms with Gasteiger partial charge in [0.05, 0.1) is 7.11 Å². The van der Waals surface area contributed by atoms with E-state index in [4.69, 9.17) is 16.3 Å². The third-order valence-electron chi connectivity index (χ3n) is 4.43. The smallest absolute Gasteiger partial charge is 0.232 e. The van der Waals surface area contributed by atoms with E-state index in [0.717, 1.165) is 16.4 Å². The van der Waals surface area contributed by atoms with E-state index >= 15 is 0 Å². The highest BCUT2D eigenvalue weighted by atomic mass is 35.5. The summed E-state index contributed by atoms with van der Waals surface area (Å²) in [6.45, 7) is 3.32. The lowest BCUT2D eigenvalue weighted by molar-refractivity contribution is -0.533. The summed E-state index contributed by atoms with van der Waals surface area (Å²) in [5.74, 6) is 0.753. The molecule has 0 fully saturated rings. The second kappa shape index (κ2) is 8.98. The summed E-state index contributed by atoms with van der Waals surface area (Å²) in [5, 5.41) is 23.7. The van der Waals surface area contributed by atoms with Gasteiger partial charge in [-0.15, -0.1) is 0 Å². The van der Waals surface area contributed by atoms with Crippen molar-refractivity contribution in [3.8, 4) is 5.75 Å². The largest absolute Gasteiger partial charge is 0.497 e. The maximum absolute atomic E-state index is 11.4. The van der Waals surface area contributed by atoms with Crippen molar-refractivity contribution in [2.75, 3.05) is 7.11 Å². The number of nitro groups is 1. The Morgan fingerprint density at radius 1 is 1.15 bits per heavy atom. The minimum atomic E-state index is -0.987. The van der Waals surface area contributed by atoms with Gasteiger partial charge < -0.3 is 9.94 Å². The highest BCUT2D eigenvalue weighted by molar-refractivity contribution is 6.30. The van der Waals surface area contributed by atoms with E-state index in [-0.39, 0.29) is 11.0 Å². The third kappa shape index (κ3) is 4.94. The first-order valence-electron chi connectivity index (χ1n) is 8.32. The van der Waals surface area contributed by atoms with Crippen molar-refractivity contribution in [2.24, 2.45) is 0 Å². The summed E-state index contributed by atoms with van der Waals surface area (Å²) in [6, 6.07) is 12.2. The Bertz CT molecular complexity index is 721. The van der Waals surface area contributed by atoms with Crippen LogP contribution in [0.2, 0.25) is 5.02 Å². The maximum Gasteiger partial charge on any atom is 0.232 e. The van der Waals surface area contributed by atoms with E-state index in [1.165, 1.54) is 6.92 Å². The third-order valence-corrected chi connectivity index (χ3v) is 4.68. The molecule has 140 valence electrons. The van der Waals surface area contributed by atoms with Gasteiger partial charge in [0, 0.05) is 22.9 Å². The van der Waals surface area contributed by atoms with Crippen LogP contribution in [-0.2, 0) is 6.42 Å². The van der Waals surface area contributed by atoms with Gasteiger partial charge in [-0.1, -0.05) is 35.9 Å². The van der Waals surface area contributed by atoms with Crippen molar-refractivity contribution in [2.45, 2.75) is 38.4 Å². The number of hydroxylamine groups is 2. The predicted molar refractivity (Wildman–Crippen MR) is 100 cm³/mol. The van der Waals surface area contributed by atoms with Gasteiger partial charge in [-0.25, -0.2) is 0 Å². The lowest BCUT2D eigenvalue weighted by Gasteiger charge is -2.32. The summed E-state index contributed by atoms with van der Waals surface area (Å²) >= 11 is 5.91. The summed E-state index contributed by atoms with van der Waals surface area (Å²) in [6.07, 6.45) is 0.537. The summed E-state index contributed by atoms with van der Waals surface area (Å²) in [5.41, 5.74) is 1.64. The molecule has 2 aromatic carbocycles. The lowest BCUT2D eigenvalue weighted by atomic mass is 9.97. The maximum atomic E-state index is 11.4. The van der Waals surface area contributed by atoms with Crippen LogP contribution in [0.25, 0.3) is 0 Å². The number of hydrogen-bond acceptors (Lipinski definition) is 5. The number of hydrogen-bond donors (Lipinski definition) is 1. The van der Waals surface area contributed by atoms with Crippen LogP contribution in [0.3, 0.4) is 0 Å². The minimum Gasteiger partial charge on any atom is -0.497 e. The monoisotopic (exact) mass is 378 g/mol. The first-order valence-corrected chi connectivity index (χ1v) is 8.70.